The van der Waals surface area contributed by atoms with E-state index in [1.807, 2.05) is 18.4 Å². The van der Waals surface area contributed by atoms with Gasteiger partial charge in [-0.1, -0.05) is 6.07 Å². The van der Waals surface area contributed by atoms with Crippen LogP contribution in [0.5, 0.6) is 0 Å². The zero-order valence-electron chi connectivity index (χ0n) is 9.63. The third kappa shape index (κ3) is 2.87. The molecule has 1 heterocycles. The van der Waals surface area contributed by atoms with Gasteiger partial charge in [0.2, 0.25) is 0 Å². The van der Waals surface area contributed by atoms with Crippen LogP contribution in [-0.4, -0.2) is 0 Å². The molecule has 90 valence electrons. The molecule has 2 rings (SSSR count). The lowest BCUT2D eigenvalue weighted by atomic mass is 10.1. The summed E-state index contributed by atoms with van der Waals surface area (Å²) in [6.45, 7) is 4.04. The van der Waals surface area contributed by atoms with Crippen molar-refractivity contribution in [1.29, 1.82) is 0 Å². The molecule has 17 heavy (non-hydrogen) atoms. The molecule has 1 unspecified atom stereocenters. The van der Waals surface area contributed by atoms with Gasteiger partial charge in [0.25, 0.3) is 0 Å². The van der Waals surface area contributed by atoms with Crippen LogP contribution in [0.2, 0.25) is 0 Å². The van der Waals surface area contributed by atoms with Gasteiger partial charge in [0.1, 0.15) is 5.82 Å². The van der Waals surface area contributed by atoms with Gasteiger partial charge in [-0.15, -0.1) is 11.3 Å². The van der Waals surface area contributed by atoms with Gasteiger partial charge in [0.05, 0.1) is 10.5 Å². The first-order valence-electron chi connectivity index (χ1n) is 5.33. The van der Waals surface area contributed by atoms with Gasteiger partial charge in [0.15, 0.2) is 0 Å². The summed E-state index contributed by atoms with van der Waals surface area (Å²) in [5, 5.41) is 5.37. The lowest BCUT2D eigenvalue weighted by Crippen LogP contribution is -2.06. The second-order valence-corrected chi connectivity index (χ2v) is 5.80. The van der Waals surface area contributed by atoms with E-state index in [9.17, 15) is 4.39 Å². The SMILES string of the molecule is Cc1cc(Br)c(F)cc1NC(C)c1cccs1. The smallest absolute Gasteiger partial charge is 0.139 e. The van der Waals surface area contributed by atoms with Crippen molar-refractivity contribution >= 4 is 33.0 Å². The van der Waals surface area contributed by atoms with E-state index in [0.717, 1.165) is 11.3 Å². The maximum atomic E-state index is 13.5. The molecule has 0 aliphatic carbocycles. The number of aryl methyl sites for hydroxylation is 1. The van der Waals surface area contributed by atoms with Crippen molar-refractivity contribution in [2.75, 3.05) is 5.32 Å². The predicted molar refractivity (Wildman–Crippen MR) is 75.2 cm³/mol. The number of nitrogens with one attached hydrogen (secondary N) is 1. The Morgan fingerprint density at radius 3 is 2.82 bits per heavy atom. The molecule has 0 radical (unpaired) electrons. The minimum Gasteiger partial charge on any atom is -0.377 e. The van der Waals surface area contributed by atoms with Crippen LogP contribution in [0.3, 0.4) is 0 Å². The first-order valence-corrected chi connectivity index (χ1v) is 7.01. The third-order valence-corrected chi connectivity index (χ3v) is 4.27. The molecule has 1 aromatic heterocycles. The van der Waals surface area contributed by atoms with E-state index in [1.165, 1.54) is 10.9 Å². The topological polar surface area (TPSA) is 12.0 Å². The molecule has 0 aliphatic rings. The second kappa shape index (κ2) is 5.19. The number of anilines is 1. The molecule has 2 aromatic rings. The van der Waals surface area contributed by atoms with Crippen LogP contribution in [0.25, 0.3) is 0 Å². The molecule has 0 fully saturated rings. The maximum absolute atomic E-state index is 13.5. The number of rotatable bonds is 3. The van der Waals surface area contributed by atoms with Crippen LogP contribution in [0, 0.1) is 12.7 Å². The summed E-state index contributed by atoms with van der Waals surface area (Å²) < 4.78 is 14.0. The minimum absolute atomic E-state index is 0.189. The summed E-state index contributed by atoms with van der Waals surface area (Å²) in [5.41, 5.74) is 1.87. The van der Waals surface area contributed by atoms with Crippen molar-refractivity contribution in [2.24, 2.45) is 0 Å². The molecule has 1 N–H and O–H groups in total. The normalized spacial score (nSPS) is 12.5. The fourth-order valence-corrected chi connectivity index (χ4v) is 2.84. The standard InChI is InChI=1S/C13H13BrFNS/c1-8-6-10(14)11(15)7-12(8)16-9(2)13-4-3-5-17-13/h3-7,9,16H,1-2H3. The van der Waals surface area contributed by atoms with Gasteiger partial charge in [-0.05, 0) is 58.9 Å². The van der Waals surface area contributed by atoms with Gasteiger partial charge in [-0.3, -0.25) is 0 Å². The quantitative estimate of drug-likeness (QED) is 0.828. The molecule has 1 aromatic carbocycles. The lowest BCUT2D eigenvalue weighted by Gasteiger charge is -2.16. The molecule has 0 saturated carbocycles. The summed E-state index contributed by atoms with van der Waals surface area (Å²) in [7, 11) is 0. The van der Waals surface area contributed by atoms with Crippen LogP contribution in [0.4, 0.5) is 10.1 Å². The van der Waals surface area contributed by atoms with E-state index in [4.69, 9.17) is 0 Å². The van der Waals surface area contributed by atoms with Crippen LogP contribution in [-0.2, 0) is 0 Å². The largest absolute Gasteiger partial charge is 0.377 e. The maximum Gasteiger partial charge on any atom is 0.139 e. The Morgan fingerprint density at radius 1 is 1.41 bits per heavy atom. The summed E-state index contributed by atoms with van der Waals surface area (Å²) in [6, 6.07) is 7.61. The predicted octanol–water partition coefficient (Wildman–Crippen LogP) is 5.13. The van der Waals surface area contributed by atoms with E-state index in [2.05, 4.69) is 34.2 Å². The lowest BCUT2D eigenvalue weighted by molar-refractivity contribution is 0.620. The summed E-state index contributed by atoms with van der Waals surface area (Å²) in [4.78, 5) is 1.24. The Bertz CT molecular complexity index is 510. The molecule has 0 aliphatic heterocycles. The van der Waals surface area contributed by atoms with Crippen molar-refractivity contribution in [3.05, 3.63) is 50.4 Å². The Balaban J connectivity index is 2.22. The summed E-state index contributed by atoms with van der Waals surface area (Å²) in [5.74, 6) is -0.239. The molecule has 1 atom stereocenters. The average molecular weight is 314 g/mol. The Kier molecular flexibility index (Phi) is 3.84. The van der Waals surface area contributed by atoms with Crippen LogP contribution >= 0.6 is 27.3 Å². The van der Waals surface area contributed by atoms with E-state index in [0.29, 0.717) is 4.47 Å². The van der Waals surface area contributed by atoms with Crippen LogP contribution in [0.1, 0.15) is 23.4 Å². The fourth-order valence-electron chi connectivity index (χ4n) is 1.64. The van der Waals surface area contributed by atoms with E-state index in [-0.39, 0.29) is 11.9 Å². The van der Waals surface area contributed by atoms with Crippen molar-refractivity contribution in [3.8, 4) is 0 Å². The number of hydrogen-bond acceptors (Lipinski definition) is 2. The number of halogens is 2. The molecular formula is C13H13BrFNS. The number of hydrogen-bond donors (Lipinski definition) is 1. The summed E-state index contributed by atoms with van der Waals surface area (Å²) in [6.07, 6.45) is 0. The van der Waals surface area contributed by atoms with E-state index < -0.39 is 0 Å². The molecule has 4 heteroatoms. The van der Waals surface area contributed by atoms with Crippen LogP contribution < -0.4 is 5.32 Å². The third-order valence-electron chi connectivity index (χ3n) is 2.61. The highest BCUT2D eigenvalue weighted by atomic mass is 79.9. The second-order valence-electron chi connectivity index (χ2n) is 3.96. The highest BCUT2D eigenvalue weighted by Gasteiger charge is 2.10. The van der Waals surface area contributed by atoms with Crippen molar-refractivity contribution in [2.45, 2.75) is 19.9 Å². The van der Waals surface area contributed by atoms with E-state index >= 15 is 0 Å². The zero-order valence-corrected chi connectivity index (χ0v) is 12.0. The average Bonchev–Trinajstić information content (AvgIpc) is 2.79. The molecule has 0 amide bonds. The monoisotopic (exact) mass is 313 g/mol. The van der Waals surface area contributed by atoms with Crippen molar-refractivity contribution in [1.82, 2.24) is 0 Å². The minimum atomic E-state index is -0.239. The summed E-state index contributed by atoms with van der Waals surface area (Å²) >= 11 is 4.88. The first-order chi connectivity index (χ1) is 8.08. The Morgan fingerprint density at radius 2 is 2.18 bits per heavy atom. The van der Waals surface area contributed by atoms with Gasteiger partial charge in [-0.25, -0.2) is 4.39 Å². The molecule has 0 bridgehead atoms. The highest BCUT2D eigenvalue weighted by molar-refractivity contribution is 9.10. The molecule has 0 spiro atoms. The van der Waals surface area contributed by atoms with Gasteiger partial charge in [-0.2, -0.15) is 0 Å². The molecular weight excluding hydrogens is 301 g/mol. The van der Waals surface area contributed by atoms with Crippen molar-refractivity contribution in [3.63, 3.8) is 0 Å². The number of benzene rings is 1. The Hall–Kier alpha value is -0.870. The first kappa shape index (κ1) is 12.6. The van der Waals surface area contributed by atoms with Crippen molar-refractivity contribution < 1.29 is 4.39 Å². The number of thiophene rings is 1. The highest BCUT2D eigenvalue weighted by Crippen LogP contribution is 2.28. The molecule has 0 saturated heterocycles. The molecule has 1 nitrogen and oxygen atoms in total. The fraction of sp³-hybridized carbons (Fsp3) is 0.231. The van der Waals surface area contributed by atoms with E-state index in [1.54, 1.807) is 17.4 Å². The van der Waals surface area contributed by atoms with Gasteiger partial charge in [0, 0.05) is 10.6 Å². The van der Waals surface area contributed by atoms with Gasteiger partial charge < -0.3 is 5.32 Å². The van der Waals surface area contributed by atoms with Crippen LogP contribution in [0.15, 0.2) is 34.1 Å². The Labute approximate surface area is 113 Å². The van der Waals surface area contributed by atoms with Gasteiger partial charge >= 0.3 is 0 Å². The zero-order chi connectivity index (χ0) is 12.4.